The highest BCUT2D eigenvalue weighted by atomic mass is 35.5. The first-order chi connectivity index (χ1) is 10.8. The van der Waals surface area contributed by atoms with Crippen LogP contribution in [0.3, 0.4) is 0 Å². The first kappa shape index (κ1) is 17.8. The zero-order chi connectivity index (χ0) is 17.1. The lowest BCUT2D eigenvalue weighted by Crippen LogP contribution is -2.26. The molecule has 0 spiro atoms. The summed E-state index contributed by atoms with van der Waals surface area (Å²) < 4.78 is 3.18. The maximum absolute atomic E-state index is 12.4. The highest BCUT2D eigenvalue weighted by molar-refractivity contribution is 6.42. The molecule has 7 heteroatoms. The minimum absolute atomic E-state index is 0.0759. The zero-order valence-corrected chi connectivity index (χ0v) is 14.9. The largest absolute Gasteiger partial charge is 0.331 e. The van der Waals surface area contributed by atoms with E-state index in [2.05, 4.69) is 0 Å². The van der Waals surface area contributed by atoms with Gasteiger partial charge in [-0.3, -0.25) is 9.59 Å². The molecule has 0 atom stereocenters. The summed E-state index contributed by atoms with van der Waals surface area (Å²) in [6.07, 6.45) is 1.92. The van der Waals surface area contributed by atoms with E-state index in [0.717, 1.165) is 12.1 Å². The summed E-state index contributed by atoms with van der Waals surface area (Å²) in [5.74, 6) is -0.0980. The van der Waals surface area contributed by atoms with Gasteiger partial charge < -0.3 is 14.0 Å². The summed E-state index contributed by atoms with van der Waals surface area (Å²) in [5.41, 5.74) is 1.15. The number of likely N-dealkylation sites (N-methyl/N-ethyl adjacent to an activating group) is 1. The average Bonchev–Trinajstić information content (AvgIpc) is 2.75. The Bertz CT molecular complexity index is 778. The summed E-state index contributed by atoms with van der Waals surface area (Å²) >= 11 is 11.9. The zero-order valence-electron chi connectivity index (χ0n) is 13.3. The van der Waals surface area contributed by atoms with Gasteiger partial charge in [0, 0.05) is 38.8 Å². The maximum Gasteiger partial charge on any atom is 0.250 e. The van der Waals surface area contributed by atoms with E-state index in [1.807, 2.05) is 19.0 Å². The molecule has 0 fully saturated rings. The molecule has 0 radical (unpaired) electrons. The van der Waals surface area contributed by atoms with Gasteiger partial charge in [-0.2, -0.15) is 0 Å². The topological polar surface area (TPSA) is 47.2 Å². The molecule has 0 saturated heterocycles. The molecule has 0 aromatic carbocycles. The fourth-order valence-corrected chi connectivity index (χ4v) is 2.63. The van der Waals surface area contributed by atoms with Crippen LogP contribution in [0.2, 0.25) is 10.2 Å². The minimum Gasteiger partial charge on any atom is -0.331 e. The van der Waals surface area contributed by atoms with Gasteiger partial charge in [-0.05, 0) is 25.7 Å². The van der Waals surface area contributed by atoms with Crippen LogP contribution in [0, 0.1) is 0 Å². The second-order valence-corrected chi connectivity index (χ2v) is 6.46. The molecule has 0 amide bonds. The van der Waals surface area contributed by atoms with Gasteiger partial charge in [0.2, 0.25) is 0 Å². The maximum atomic E-state index is 12.4. The molecular weight excluding hydrogens is 337 g/mol. The number of hydrogen-bond donors (Lipinski definition) is 0. The van der Waals surface area contributed by atoms with Crippen molar-refractivity contribution in [3.05, 3.63) is 56.2 Å². The van der Waals surface area contributed by atoms with Crippen LogP contribution in [0.4, 0.5) is 0 Å². The number of rotatable bonds is 6. The quantitative estimate of drug-likeness (QED) is 0.747. The third-order valence-electron chi connectivity index (χ3n) is 3.60. The molecule has 5 nitrogen and oxygen atoms in total. The summed E-state index contributed by atoms with van der Waals surface area (Å²) in [6, 6.07) is 4.73. The molecule has 0 saturated carbocycles. The Hall–Kier alpha value is -1.56. The molecule has 2 aromatic rings. The van der Waals surface area contributed by atoms with Crippen LogP contribution in [0.1, 0.15) is 16.1 Å². The molecule has 0 aliphatic heterocycles. The van der Waals surface area contributed by atoms with Crippen molar-refractivity contribution >= 4 is 29.0 Å². The Labute approximate surface area is 145 Å². The summed E-state index contributed by atoms with van der Waals surface area (Å²) in [5, 5.41) is 0.694. The van der Waals surface area contributed by atoms with E-state index in [4.69, 9.17) is 23.2 Å². The van der Waals surface area contributed by atoms with Crippen LogP contribution in [-0.4, -0.2) is 40.5 Å². The van der Waals surface area contributed by atoms with Gasteiger partial charge in [0.1, 0.15) is 5.15 Å². The number of carbonyl (C=O) groups is 1. The van der Waals surface area contributed by atoms with Crippen LogP contribution in [0.15, 0.2) is 29.2 Å². The molecule has 2 rings (SSSR count). The third-order valence-corrected chi connectivity index (χ3v) is 4.44. The standard InChI is InChI=1S/C16H19Cl2N3O2/c1-19(2)6-7-21-10-11(4-5-15(21)23)8-14(22)13-9-12(17)16(18)20(13)3/h4-5,9-10H,6-8H2,1-3H3. The molecular formula is C16H19Cl2N3O2. The number of Topliss-reactive ketones (excluding diaryl/α,β-unsaturated/α-hetero) is 1. The summed E-state index contributed by atoms with van der Waals surface area (Å²) in [4.78, 5) is 26.3. The molecule has 124 valence electrons. The number of nitrogens with zero attached hydrogens (tertiary/aromatic N) is 3. The lowest BCUT2D eigenvalue weighted by molar-refractivity contribution is 0.0985. The Morgan fingerprint density at radius 1 is 1.26 bits per heavy atom. The van der Waals surface area contributed by atoms with E-state index in [-0.39, 0.29) is 17.8 Å². The van der Waals surface area contributed by atoms with Crippen molar-refractivity contribution in [3.8, 4) is 0 Å². The predicted octanol–water partition coefficient (Wildman–Crippen LogP) is 2.48. The molecule has 2 aromatic heterocycles. The van der Waals surface area contributed by atoms with Crippen LogP contribution in [0.5, 0.6) is 0 Å². The number of hydrogen-bond acceptors (Lipinski definition) is 3. The average molecular weight is 356 g/mol. The Morgan fingerprint density at radius 3 is 2.52 bits per heavy atom. The highest BCUT2D eigenvalue weighted by Crippen LogP contribution is 2.25. The number of aromatic nitrogens is 2. The normalized spacial score (nSPS) is 11.2. The monoisotopic (exact) mass is 355 g/mol. The fourth-order valence-electron chi connectivity index (χ4n) is 2.25. The van der Waals surface area contributed by atoms with Crippen molar-refractivity contribution in [1.82, 2.24) is 14.0 Å². The number of halogens is 2. The third kappa shape index (κ3) is 4.25. The van der Waals surface area contributed by atoms with Gasteiger partial charge >= 0.3 is 0 Å². The van der Waals surface area contributed by atoms with Gasteiger partial charge in [0.15, 0.2) is 5.78 Å². The highest BCUT2D eigenvalue weighted by Gasteiger charge is 2.16. The van der Waals surface area contributed by atoms with Crippen molar-refractivity contribution in [2.75, 3.05) is 20.6 Å². The van der Waals surface area contributed by atoms with E-state index in [1.165, 1.54) is 6.07 Å². The van der Waals surface area contributed by atoms with E-state index < -0.39 is 0 Å². The van der Waals surface area contributed by atoms with Crippen LogP contribution >= 0.6 is 23.2 Å². The smallest absolute Gasteiger partial charge is 0.250 e. The van der Waals surface area contributed by atoms with E-state index in [1.54, 1.807) is 34.5 Å². The molecule has 2 heterocycles. The van der Waals surface area contributed by atoms with Crippen LogP contribution in [0.25, 0.3) is 0 Å². The number of pyridine rings is 1. The van der Waals surface area contributed by atoms with Gasteiger partial charge in [-0.1, -0.05) is 29.3 Å². The van der Waals surface area contributed by atoms with Crippen molar-refractivity contribution in [1.29, 1.82) is 0 Å². The van der Waals surface area contributed by atoms with Crippen molar-refractivity contribution in [2.24, 2.45) is 7.05 Å². The second-order valence-electron chi connectivity index (χ2n) is 5.70. The number of carbonyl (C=O) groups excluding carboxylic acids is 1. The summed E-state index contributed by atoms with van der Waals surface area (Å²) in [7, 11) is 5.59. The van der Waals surface area contributed by atoms with E-state index in [9.17, 15) is 9.59 Å². The Kier molecular flexibility index (Phi) is 5.68. The Balaban J connectivity index is 2.19. The predicted molar refractivity (Wildman–Crippen MR) is 92.7 cm³/mol. The minimum atomic E-state index is -0.0980. The van der Waals surface area contributed by atoms with Gasteiger partial charge in [0.25, 0.3) is 5.56 Å². The van der Waals surface area contributed by atoms with E-state index in [0.29, 0.717) is 22.4 Å². The Morgan fingerprint density at radius 2 is 1.96 bits per heavy atom. The van der Waals surface area contributed by atoms with Gasteiger partial charge in [0.05, 0.1) is 10.7 Å². The van der Waals surface area contributed by atoms with Gasteiger partial charge in [-0.25, -0.2) is 0 Å². The van der Waals surface area contributed by atoms with E-state index >= 15 is 0 Å². The SMILES string of the molecule is CN(C)CCn1cc(CC(=O)c2cc(Cl)c(Cl)n2C)ccc1=O. The van der Waals surface area contributed by atoms with Crippen molar-refractivity contribution in [2.45, 2.75) is 13.0 Å². The van der Waals surface area contributed by atoms with Gasteiger partial charge in [-0.15, -0.1) is 0 Å². The lowest BCUT2D eigenvalue weighted by atomic mass is 10.1. The summed E-state index contributed by atoms with van der Waals surface area (Å²) in [6.45, 7) is 1.33. The van der Waals surface area contributed by atoms with Crippen molar-refractivity contribution in [3.63, 3.8) is 0 Å². The molecule has 0 bridgehead atoms. The molecule has 23 heavy (non-hydrogen) atoms. The van der Waals surface area contributed by atoms with Crippen LogP contribution < -0.4 is 5.56 Å². The fraction of sp³-hybridized carbons (Fsp3) is 0.375. The molecule has 0 N–H and O–H groups in total. The molecule has 0 unspecified atom stereocenters. The molecule has 0 aliphatic carbocycles. The first-order valence-corrected chi connectivity index (χ1v) is 7.93. The lowest BCUT2D eigenvalue weighted by Gasteiger charge is -2.12. The number of ketones is 1. The van der Waals surface area contributed by atoms with Crippen LogP contribution in [-0.2, 0) is 20.0 Å². The molecule has 0 aliphatic rings. The second kappa shape index (κ2) is 7.34. The van der Waals surface area contributed by atoms with Crippen molar-refractivity contribution < 1.29 is 4.79 Å². The first-order valence-electron chi connectivity index (χ1n) is 7.17.